The van der Waals surface area contributed by atoms with Crippen molar-refractivity contribution in [3.8, 4) is 5.75 Å². The smallest absolute Gasteiger partial charge is 0.335 e. The molecule has 0 aliphatic rings. The van der Waals surface area contributed by atoms with Crippen LogP contribution < -0.4 is 4.74 Å². The Kier molecular flexibility index (Phi) is 5.32. The summed E-state index contributed by atoms with van der Waals surface area (Å²) in [6, 6.07) is 13.2. The van der Waals surface area contributed by atoms with Gasteiger partial charge in [-0.3, -0.25) is 0 Å². The van der Waals surface area contributed by atoms with Gasteiger partial charge in [-0.1, -0.05) is 24.3 Å². The van der Waals surface area contributed by atoms with Crippen LogP contribution >= 0.6 is 0 Å². The molecular formula is C17H16O6. The molecule has 0 amide bonds. The summed E-state index contributed by atoms with van der Waals surface area (Å²) in [6.45, 7) is 0.220. The zero-order valence-corrected chi connectivity index (χ0v) is 12.2. The van der Waals surface area contributed by atoms with Gasteiger partial charge < -0.3 is 20.1 Å². The molecule has 0 aromatic heterocycles. The zero-order chi connectivity index (χ0) is 16.8. The summed E-state index contributed by atoms with van der Waals surface area (Å²) in [5.41, 5.74) is 1.61. The molecule has 0 aliphatic heterocycles. The van der Waals surface area contributed by atoms with Crippen molar-refractivity contribution in [2.24, 2.45) is 0 Å². The normalized spacial score (nSPS) is 11.7. The van der Waals surface area contributed by atoms with Gasteiger partial charge in [0.15, 0.2) is 6.10 Å². The number of carbonyl (C=O) groups is 2. The summed E-state index contributed by atoms with van der Waals surface area (Å²) in [4.78, 5) is 21.5. The van der Waals surface area contributed by atoms with E-state index >= 15 is 0 Å². The second-order valence-electron chi connectivity index (χ2n) is 5.00. The fourth-order valence-electron chi connectivity index (χ4n) is 1.99. The Bertz CT molecular complexity index is 692. The van der Waals surface area contributed by atoms with Crippen molar-refractivity contribution in [3.05, 3.63) is 65.2 Å². The Morgan fingerprint density at radius 1 is 1.00 bits per heavy atom. The summed E-state index contributed by atoms with van der Waals surface area (Å²) in [7, 11) is 0. The summed E-state index contributed by atoms with van der Waals surface area (Å²) in [5, 5.41) is 26.9. The first kappa shape index (κ1) is 16.5. The van der Waals surface area contributed by atoms with Gasteiger partial charge in [0, 0.05) is 6.42 Å². The van der Waals surface area contributed by atoms with E-state index in [0.29, 0.717) is 11.3 Å². The molecule has 0 aliphatic carbocycles. The van der Waals surface area contributed by atoms with Crippen LogP contribution in [0.5, 0.6) is 5.75 Å². The van der Waals surface area contributed by atoms with Crippen molar-refractivity contribution >= 4 is 11.9 Å². The molecule has 2 aromatic carbocycles. The van der Waals surface area contributed by atoms with Crippen molar-refractivity contribution < 1.29 is 29.6 Å². The minimum Gasteiger partial charge on any atom is -0.489 e. The number of aliphatic hydroxyl groups excluding tert-OH is 1. The average Bonchev–Trinajstić information content (AvgIpc) is 2.54. The van der Waals surface area contributed by atoms with Crippen LogP contribution in [0.1, 0.15) is 21.5 Å². The van der Waals surface area contributed by atoms with Gasteiger partial charge in [-0.25, -0.2) is 9.59 Å². The number of carboxylic acid groups (broad SMARTS) is 2. The molecule has 3 N–H and O–H groups in total. The van der Waals surface area contributed by atoms with Crippen molar-refractivity contribution in [3.63, 3.8) is 0 Å². The third-order valence-corrected chi connectivity index (χ3v) is 3.22. The number of benzene rings is 2. The molecule has 6 heteroatoms. The predicted octanol–water partition coefficient (Wildman–Crippen LogP) is 1.95. The van der Waals surface area contributed by atoms with E-state index < -0.39 is 18.0 Å². The Hall–Kier alpha value is -2.86. The number of rotatable bonds is 7. The van der Waals surface area contributed by atoms with Gasteiger partial charge in [-0.05, 0) is 35.4 Å². The lowest BCUT2D eigenvalue weighted by atomic mass is 10.1. The lowest BCUT2D eigenvalue weighted by Crippen LogP contribution is -2.21. The van der Waals surface area contributed by atoms with Gasteiger partial charge in [-0.2, -0.15) is 0 Å². The highest BCUT2D eigenvalue weighted by Gasteiger charge is 2.13. The van der Waals surface area contributed by atoms with Gasteiger partial charge in [0.2, 0.25) is 0 Å². The van der Waals surface area contributed by atoms with Crippen molar-refractivity contribution in [2.45, 2.75) is 19.1 Å². The molecule has 0 fully saturated rings. The van der Waals surface area contributed by atoms with E-state index in [1.165, 1.54) is 6.07 Å². The minimum absolute atomic E-state index is 0.0241. The Morgan fingerprint density at radius 3 is 2.30 bits per heavy atom. The first-order chi connectivity index (χ1) is 11.0. The molecule has 120 valence electrons. The molecule has 2 aromatic rings. The number of hydrogen-bond donors (Lipinski definition) is 3. The van der Waals surface area contributed by atoms with Crippen LogP contribution in [0.15, 0.2) is 48.5 Å². The van der Waals surface area contributed by atoms with E-state index in [-0.39, 0.29) is 18.6 Å². The summed E-state index contributed by atoms with van der Waals surface area (Å²) >= 11 is 0. The number of hydrogen-bond acceptors (Lipinski definition) is 4. The molecule has 0 saturated carbocycles. The molecule has 1 atom stereocenters. The Morgan fingerprint density at radius 2 is 1.70 bits per heavy atom. The van der Waals surface area contributed by atoms with E-state index in [2.05, 4.69) is 0 Å². The highest BCUT2D eigenvalue weighted by Crippen LogP contribution is 2.16. The highest BCUT2D eigenvalue weighted by molar-refractivity contribution is 5.87. The minimum atomic E-state index is -1.43. The molecule has 6 nitrogen and oxygen atoms in total. The van der Waals surface area contributed by atoms with E-state index in [1.54, 1.807) is 42.5 Å². The van der Waals surface area contributed by atoms with Crippen LogP contribution in [0.3, 0.4) is 0 Å². The Labute approximate surface area is 132 Å². The van der Waals surface area contributed by atoms with Crippen LogP contribution in [0.25, 0.3) is 0 Å². The topological polar surface area (TPSA) is 104 Å². The molecular weight excluding hydrogens is 300 g/mol. The molecule has 0 bridgehead atoms. The maximum atomic E-state index is 10.9. The molecule has 1 unspecified atom stereocenters. The summed E-state index contributed by atoms with van der Waals surface area (Å²) in [5.74, 6) is -1.68. The maximum Gasteiger partial charge on any atom is 0.335 e. The SMILES string of the molecule is O=C(O)c1cccc(COc2ccc(CC(O)C(=O)O)cc2)c1. The van der Waals surface area contributed by atoms with Gasteiger partial charge in [0.25, 0.3) is 0 Å². The van der Waals surface area contributed by atoms with Crippen LogP contribution in [-0.4, -0.2) is 33.4 Å². The van der Waals surface area contributed by atoms with Gasteiger partial charge >= 0.3 is 11.9 Å². The number of aliphatic carboxylic acids is 1. The lowest BCUT2D eigenvalue weighted by Gasteiger charge is -2.09. The molecule has 0 radical (unpaired) electrons. The molecule has 2 rings (SSSR count). The third-order valence-electron chi connectivity index (χ3n) is 3.22. The number of aliphatic hydroxyl groups is 1. The highest BCUT2D eigenvalue weighted by atomic mass is 16.5. The average molecular weight is 316 g/mol. The first-order valence-corrected chi connectivity index (χ1v) is 6.90. The predicted molar refractivity (Wildman–Crippen MR) is 81.5 cm³/mol. The fraction of sp³-hybridized carbons (Fsp3) is 0.176. The van der Waals surface area contributed by atoms with Crippen LogP contribution in [-0.2, 0) is 17.8 Å². The molecule has 23 heavy (non-hydrogen) atoms. The third kappa shape index (κ3) is 4.82. The van der Waals surface area contributed by atoms with E-state index in [4.69, 9.17) is 14.9 Å². The lowest BCUT2D eigenvalue weighted by molar-refractivity contribution is -0.146. The van der Waals surface area contributed by atoms with E-state index in [9.17, 15) is 14.7 Å². The zero-order valence-electron chi connectivity index (χ0n) is 12.2. The second kappa shape index (κ2) is 7.42. The standard InChI is InChI=1S/C17H16O6/c18-15(17(21)22)9-11-4-6-14(7-5-11)23-10-12-2-1-3-13(8-12)16(19)20/h1-8,15,18H,9-10H2,(H,19,20)(H,21,22). The van der Waals surface area contributed by atoms with Crippen molar-refractivity contribution in [2.75, 3.05) is 0 Å². The summed E-state index contributed by atoms with van der Waals surface area (Å²) in [6.07, 6.45) is -1.41. The fourth-order valence-corrected chi connectivity index (χ4v) is 1.99. The van der Waals surface area contributed by atoms with Crippen LogP contribution in [0.4, 0.5) is 0 Å². The number of carboxylic acids is 2. The monoisotopic (exact) mass is 316 g/mol. The Balaban J connectivity index is 1.95. The molecule has 0 heterocycles. The number of aromatic carboxylic acids is 1. The maximum absolute atomic E-state index is 10.9. The van der Waals surface area contributed by atoms with Crippen LogP contribution in [0, 0.1) is 0 Å². The molecule has 0 spiro atoms. The van der Waals surface area contributed by atoms with Gasteiger partial charge in [0.1, 0.15) is 12.4 Å². The van der Waals surface area contributed by atoms with Gasteiger partial charge in [0.05, 0.1) is 5.56 Å². The van der Waals surface area contributed by atoms with E-state index in [1.807, 2.05) is 0 Å². The molecule has 0 saturated heterocycles. The quantitative estimate of drug-likeness (QED) is 0.721. The largest absolute Gasteiger partial charge is 0.489 e. The second-order valence-corrected chi connectivity index (χ2v) is 5.00. The summed E-state index contributed by atoms with van der Waals surface area (Å²) < 4.78 is 5.56. The van der Waals surface area contributed by atoms with Gasteiger partial charge in [-0.15, -0.1) is 0 Å². The van der Waals surface area contributed by atoms with E-state index in [0.717, 1.165) is 5.56 Å². The van der Waals surface area contributed by atoms with Crippen molar-refractivity contribution in [1.29, 1.82) is 0 Å². The van der Waals surface area contributed by atoms with Crippen LogP contribution in [0.2, 0.25) is 0 Å². The first-order valence-electron chi connectivity index (χ1n) is 6.90. The van der Waals surface area contributed by atoms with Crippen molar-refractivity contribution in [1.82, 2.24) is 0 Å². The number of ether oxygens (including phenoxy) is 1.